The van der Waals surface area contributed by atoms with Crippen molar-refractivity contribution in [2.75, 3.05) is 0 Å². The third-order valence-electron chi connectivity index (χ3n) is 3.54. The van der Waals surface area contributed by atoms with Crippen molar-refractivity contribution >= 4 is 5.97 Å². The molecule has 2 unspecified atom stereocenters. The van der Waals surface area contributed by atoms with Crippen molar-refractivity contribution in [3.05, 3.63) is 23.8 Å². The molecular formula is C13H19N3O3. The largest absolute Gasteiger partial charge is 0.478 e. The van der Waals surface area contributed by atoms with Crippen LogP contribution in [0, 0.1) is 0 Å². The molecule has 6 nitrogen and oxygen atoms in total. The second-order valence-corrected chi connectivity index (χ2v) is 4.88. The first kappa shape index (κ1) is 13.9. The first-order chi connectivity index (χ1) is 9.18. The van der Waals surface area contributed by atoms with Crippen molar-refractivity contribution in [3.8, 4) is 0 Å². The molecule has 104 valence electrons. The van der Waals surface area contributed by atoms with E-state index in [2.05, 4.69) is 15.3 Å². The number of nitrogens with one attached hydrogen (secondary N) is 1. The maximum absolute atomic E-state index is 11.0. The van der Waals surface area contributed by atoms with Gasteiger partial charge in [0, 0.05) is 18.8 Å². The monoisotopic (exact) mass is 265 g/mol. The summed E-state index contributed by atoms with van der Waals surface area (Å²) in [5.74, 6) is -1.03. The lowest BCUT2D eigenvalue weighted by atomic mass is 10.1. The van der Waals surface area contributed by atoms with Crippen LogP contribution in [-0.2, 0) is 6.54 Å². The SMILES string of the molecule is O=C(O)c1cncnc1CNC1CCCCCC1O. The van der Waals surface area contributed by atoms with E-state index < -0.39 is 5.97 Å². The van der Waals surface area contributed by atoms with Crippen LogP contribution in [0.1, 0.15) is 48.2 Å². The Labute approximate surface area is 111 Å². The van der Waals surface area contributed by atoms with E-state index in [0.29, 0.717) is 12.2 Å². The molecule has 0 saturated heterocycles. The molecule has 1 fully saturated rings. The molecule has 3 N–H and O–H groups in total. The lowest BCUT2D eigenvalue weighted by molar-refractivity contribution is 0.0694. The molecule has 0 aromatic carbocycles. The lowest BCUT2D eigenvalue weighted by Gasteiger charge is -2.21. The Morgan fingerprint density at radius 1 is 1.37 bits per heavy atom. The van der Waals surface area contributed by atoms with Gasteiger partial charge in [-0.3, -0.25) is 0 Å². The molecule has 2 atom stereocenters. The van der Waals surface area contributed by atoms with Crippen LogP contribution in [0.25, 0.3) is 0 Å². The summed E-state index contributed by atoms with van der Waals surface area (Å²) in [7, 11) is 0. The Morgan fingerprint density at radius 2 is 2.16 bits per heavy atom. The quantitative estimate of drug-likeness (QED) is 0.702. The third kappa shape index (κ3) is 3.71. The smallest absolute Gasteiger partial charge is 0.339 e. The molecule has 1 aliphatic rings. The van der Waals surface area contributed by atoms with Gasteiger partial charge in [-0.2, -0.15) is 0 Å². The van der Waals surface area contributed by atoms with Gasteiger partial charge in [0.15, 0.2) is 0 Å². The summed E-state index contributed by atoms with van der Waals surface area (Å²) in [5.41, 5.74) is 0.567. The van der Waals surface area contributed by atoms with Crippen LogP contribution < -0.4 is 5.32 Å². The Hall–Kier alpha value is -1.53. The maximum atomic E-state index is 11.0. The number of rotatable bonds is 4. The van der Waals surface area contributed by atoms with Gasteiger partial charge in [0.2, 0.25) is 0 Å². The zero-order valence-electron chi connectivity index (χ0n) is 10.7. The van der Waals surface area contributed by atoms with Crippen molar-refractivity contribution in [2.45, 2.75) is 50.8 Å². The minimum atomic E-state index is -1.03. The van der Waals surface area contributed by atoms with Crippen molar-refractivity contribution in [2.24, 2.45) is 0 Å². The highest BCUT2D eigenvalue weighted by atomic mass is 16.4. The summed E-state index contributed by atoms with van der Waals surface area (Å²) in [6.07, 6.45) is 7.27. The van der Waals surface area contributed by atoms with Crippen LogP contribution in [-0.4, -0.2) is 38.3 Å². The van der Waals surface area contributed by atoms with E-state index in [1.165, 1.54) is 12.5 Å². The number of nitrogens with zero attached hydrogens (tertiary/aromatic N) is 2. The highest BCUT2D eigenvalue weighted by molar-refractivity contribution is 5.88. The van der Waals surface area contributed by atoms with Crippen LogP contribution in [0.5, 0.6) is 0 Å². The number of hydrogen-bond acceptors (Lipinski definition) is 5. The average molecular weight is 265 g/mol. The van der Waals surface area contributed by atoms with Gasteiger partial charge in [-0.05, 0) is 12.8 Å². The highest BCUT2D eigenvalue weighted by Crippen LogP contribution is 2.18. The predicted octanol–water partition coefficient (Wildman–Crippen LogP) is 0.958. The topological polar surface area (TPSA) is 95.3 Å². The van der Waals surface area contributed by atoms with Gasteiger partial charge >= 0.3 is 5.97 Å². The summed E-state index contributed by atoms with van der Waals surface area (Å²) in [5, 5.41) is 22.3. The summed E-state index contributed by atoms with van der Waals surface area (Å²) in [6, 6.07) is 0.0131. The number of aromatic carboxylic acids is 1. The van der Waals surface area contributed by atoms with Crippen LogP contribution in [0.15, 0.2) is 12.5 Å². The van der Waals surface area contributed by atoms with Crippen LogP contribution in [0.4, 0.5) is 0 Å². The number of aliphatic hydroxyl groups is 1. The molecular weight excluding hydrogens is 246 g/mol. The Bertz CT molecular complexity index is 439. The summed E-state index contributed by atoms with van der Waals surface area (Å²) < 4.78 is 0. The zero-order chi connectivity index (χ0) is 13.7. The Balaban J connectivity index is 1.99. The summed E-state index contributed by atoms with van der Waals surface area (Å²) in [6.45, 7) is 0.339. The minimum absolute atomic E-state index is 0.0131. The van der Waals surface area contributed by atoms with E-state index in [0.717, 1.165) is 32.1 Å². The van der Waals surface area contributed by atoms with Gasteiger partial charge in [0.25, 0.3) is 0 Å². The first-order valence-corrected chi connectivity index (χ1v) is 6.62. The van der Waals surface area contributed by atoms with Gasteiger partial charge in [-0.25, -0.2) is 14.8 Å². The van der Waals surface area contributed by atoms with Crippen molar-refractivity contribution in [3.63, 3.8) is 0 Å². The van der Waals surface area contributed by atoms with Gasteiger partial charge in [0.1, 0.15) is 11.9 Å². The Kier molecular flexibility index (Phi) is 4.81. The van der Waals surface area contributed by atoms with E-state index >= 15 is 0 Å². The van der Waals surface area contributed by atoms with Gasteiger partial charge in [-0.1, -0.05) is 19.3 Å². The lowest BCUT2D eigenvalue weighted by Crippen LogP contribution is -2.39. The number of carboxylic acids is 1. The predicted molar refractivity (Wildman–Crippen MR) is 68.7 cm³/mol. The number of hydrogen-bond donors (Lipinski definition) is 3. The van der Waals surface area contributed by atoms with E-state index in [1.807, 2.05) is 0 Å². The molecule has 0 radical (unpaired) electrons. The summed E-state index contributed by atoms with van der Waals surface area (Å²) in [4.78, 5) is 18.8. The molecule has 1 aromatic rings. The number of carbonyl (C=O) groups is 1. The van der Waals surface area contributed by atoms with Gasteiger partial charge < -0.3 is 15.5 Å². The molecule has 1 heterocycles. The fourth-order valence-corrected chi connectivity index (χ4v) is 2.43. The second kappa shape index (κ2) is 6.58. The number of carboxylic acid groups (broad SMARTS) is 1. The van der Waals surface area contributed by atoms with E-state index in [-0.39, 0.29) is 17.7 Å². The molecule has 2 rings (SSSR count). The molecule has 0 spiro atoms. The minimum Gasteiger partial charge on any atom is -0.478 e. The fraction of sp³-hybridized carbons (Fsp3) is 0.615. The molecule has 1 saturated carbocycles. The highest BCUT2D eigenvalue weighted by Gasteiger charge is 2.22. The Morgan fingerprint density at radius 3 is 2.95 bits per heavy atom. The van der Waals surface area contributed by atoms with Gasteiger partial charge in [-0.15, -0.1) is 0 Å². The van der Waals surface area contributed by atoms with Gasteiger partial charge in [0.05, 0.1) is 11.8 Å². The van der Waals surface area contributed by atoms with E-state index in [4.69, 9.17) is 5.11 Å². The standard InChI is InChI=1S/C13H19N3O3/c17-12-5-3-1-2-4-10(12)15-7-11-9(13(18)19)6-14-8-16-11/h6,8,10,12,15,17H,1-5,7H2,(H,18,19). The van der Waals surface area contributed by atoms with Crippen molar-refractivity contribution in [1.82, 2.24) is 15.3 Å². The van der Waals surface area contributed by atoms with Crippen LogP contribution >= 0.6 is 0 Å². The van der Waals surface area contributed by atoms with Crippen molar-refractivity contribution in [1.29, 1.82) is 0 Å². The maximum Gasteiger partial charge on any atom is 0.339 e. The van der Waals surface area contributed by atoms with Crippen molar-refractivity contribution < 1.29 is 15.0 Å². The van der Waals surface area contributed by atoms with Crippen LogP contribution in [0.3, 0.4) is 0 Å². The molecule has 0 amide bonds. The fourth-order valence-electron chi connectivity index (χ4n) is 2.43. The second-order valence-electron chi connectivity index (χ2n) is 4.88. The van der Waals surface area contributed by atoms with E-state index in [1.54, 1.807) is 0 Å². The summed E-state index contributed by atoms with van der Waals surface area (Å²) >= 11 is 0. The van der Waals surface area contributed by atoms with Crippen LogP contribution in [0.2, 0.25) is 0 Å². The first-order valence-electron chi connectivity index (χ1n) is 6.62. The third-order valence-corrected chi connectivity index (χ3v) is 3.54. The molecule has 1 aliphatic carbocycles. The molecule has 6 heteroatoms. The molecule has 0 bridgehead atoms. The molecule has 1 aromatic heterocycles. The molecule has 0 aliphatic heterocycles. The van der Waals surface area contributed by atoms with E-state index in [9.17, 15) is 9.90 Å². The number of aromatic nitrogens is 2. The molecule has 19 heavy (non-hydrogen) atoms. The number of aliphatic hydroxyl groups excluding tert-OH is 1. The average Bonchev–Trinajstić information content (AvgIpc) is 2.61. The zero-order valence-corrected chi connectivity index (χ0v) is 10.7. The normalized spacial score (nSPS) is 23.8.